The molecule has 0 aliphatic heterocycles. The fraction of sp³-hybridized carbons (Fsp3) is 0.233. The molecule has 0 bridgehead atoms. The number of carbonyl (C=O) groups excluding carboxylic acids is 1. The van der Waals surface area contributed by atoms with Crippen molar-refractivity contribution in [3.8, 4) is 34.0 Å². The second-order valence-electron chi connectivity index (χ2n) is 14.5. The average molecular weight is 644 g/mol. The minimum Gasteiger partial charge on any atom is -0.294 e. The molecule has 0 spiro atoms. The molecule has 2 aromatic heterocycles. The lowest BCUT2D eigenvalue weighted by atomic mass is 9.59. The lowest BCUT2D eigenvalue weighted by Crippen LogP contribution is -2.42. The highest BCUT2D eigenvalue weighted by molar-refractivity contribution is 6.01. The Labute approximate surface area is 289 Å². The third-order valence-corrected chi connectivity index (χ3v) is 11.2. The summed E-state index contributed by atoms with van der Waals surface area (Å²) in [6, 6.07) is 38.4. The lowest BCUT2D eigenvalue weighted by molar-refractivity contribution is 0.101. The Morgan fingerprint density at radius 1 is 0.571 bits per heavy atom. The van der Waals surface area contributed by atoms with Gasteiger partial charge in [0.25, 0.3) is 0 Å². The molecule has 0 atom stereocenters. The van der Waals surface area contributed by atoms with Gasteiger partial charge in [-0.2, -0.15) is 9.97 Å². The number of benzene rings is 4. The summed E-state index contributed by atoms with van der Waals surface area (Å²) in [7, 11) is 0. The molecular formula is C43H41N5O. The van der Waals surface area contributed by atoms with E-state index in [4.69, 9.17) is 19.9 Å². The Morgan fingerprint density at radius 3 is 1.67 bits per heavy atom. The second kappa shape index (κ2) is 11.9. The van der Waals surface area contributed by atoms with Gasteiger partial charge in [-0.25, -0.2) is 4.98 Å². The van der Waals surface area contributed by atoms with E-state index in [2.05, 4.69) is 59.7 Å². The maximum Gasteiger partial charge on any atom is 0.238 e. The Balaban J connectivity index is 1.39. The van der Waals surface area contributed by atoms with Crippen LogP contribution in [0.5, 0.6) is 0 Å². The smallest absolute Gasteiger partial charge is 0.238 e. The molecular weight excluding hydrogens is 603 g/mol. The van der Waals surface area contributed by atoms with Gasteiger partial charge in [0, 0.05) is 39.8 Å². The highest BCUT2D eigenvalue weighted by Gasteiger charge is 2.56. The quantitative estimate of drug-likeness (QED) is 0.161. The van der Waals surface area contributed by atoms with Crippen molar-refractivity contribution >= 4 is 23.1 Å². The van der Waals surface area contributed by atoms with Gasteiger partial charge < -0.3 is 0 Å². The number of carbonyl (C=O) groups is 1. The third kappa shape index (κ3) is 5.32. The SMILES string of the molecule is CC(=O)c1cc(-c2nc(-c3ccccc3)nc(N(c3ccccc3)c3ccccc3)n2)cnc1-c1ccc2c(c1)C(C)(C)C(C)(C)C2(C)C. The monoisotopic (exact) mass is 643 g/mol. The number of ketones is 1. The van der Waals surface area contributed by atoms with Gasteiger partial charge in [-0.15, -0.1) is 0 Å². The standard InChI is InChI=1S/C43H41N5O/c1-28(49)34-25-31(27-44-37(34)30-23-24-35-36(26-30)42(4,5)43(6,7)41(35,2)3)39-45-38(29-17-11-8-12-18-29)46-40(47-39)48(32-19-13-9-14-20-32)33-21-15-10-16-22-33/h8-27H,1-7H3. The summed E-state index contributed by atoms with van der Waals surface area (Å²) in [6.45, 7) is 15.6. The summed E-state index contributed by atoms with van der Waals surface area (Å²) in [5, 5.41) is 0. The highest BCUT2D eigenvalue weighted by Crippen LogP contribution is 2.61. The van der Waals surface area contributed by atoms with Crippen LogP contribution in [-0.2, 0) is 10.8 Å². The molecule has 0 radical (unpaired) electrons. The average Bonchev–Trinajstić information content (AvgIpc) is 3.22. The molecule has 0 fully saturated rings. The van der Waals surface area contributed by atoms with Gasteiger partial charge in [0.15, 0.2) is 17.4 Å². The fourth-order valence-electron chi connectivity index (χ4n) is 7.14. The predicted octanol–water partition coefficient (Wildman–Crippen LogP) is 10.5. The van der Waals surface area contributed by atoms with E-state index in [0.29, 0.717) is 34.4 Å². The number of rotatable bonds is 7. The first-order chi connectivity index (χ1) is 23.4. The Kier molecular flexibility index (Phi) is 7.78. The van der Waals surface area contributed by atoms with Crippen LogP contribution >= 0.6 is 0 Å². The van der Waals surface area contributed by atoms with Gasteiger partial charge in [-0.3, -0.25) is 14.7 Å². The lowest BCUT2D eigenvalue weighted by Gasteiger charge is -2.44. The zero-order valence-electron chi connectivity index (χ0n) is 29.2. The van der Waals surface area contributed by atoms with Crippen molar-refractivity contribution < 1.29 is 4.79 Å². The molecule has 7 rings (SSSR count). The summed E-state index contributed by atoms with van der Waals surface area (Å²) in [5.74, 6) is 1.34. The summed E-state index contributed by atoms with van der Waals surface area (Å²) in [6.07, 6.45) is 1.78. The number of anilines is 3. The molecule has 1 aliphatic rings. The maximum atomic E-state index is 13.3. The summed E-state index contributed by atoms with van der Waals surface area (Å²) in [5.41, 5.74) is 8.03. The molecule has 0 N–H and O–H groups in total. The summed E-state index contributed by atoms with van der Waals surface area (Å²) >= 11 is 0. The second-order valence-corrected chi connectivity index (χ2v) is 14.5. The Bertz CT molecular complexity index is 2130. The van der Waals surface area contributed by atoms with Crippen LogP contribution in [0.1, 0.15) is 70.0 Å². The van der Waals surface area contributed by atoms with Gasteiger partial charge in [0.05, 0.1) is 5.69 Å². The molecule has 6 nitrogen and oxygen atoms in total. The maximum absolute atomic E-state index is 13.3. The number of aromatic nitrogens is 4. The van der Waals surface area contributed by atoms with E-state index < -0.39 is 0 Å². The van der Waals surface area contributed by atoms with Gasteiger partial charge >= 0.3 is 0 Å². The van der Waals surface area contributed by atoms with Crippen LogP contribution in [-0.4, -0.2) is 25.7 Å². The predicted molar refractivity (Wildman–Crippen MR) is 198 cm³/mol. The highest BCUT2D eigenvalue weighted by atomic mass is 16.1. The zero-order chi connectivity index (χ0) is 34.6. The molecule has 0 unspecified atom stereocenters. The zero-order valence-corrected chi connectivity index (χ0v) is 29.2. The fourth-order valence-corrected chi connectivity index (χ4v) is 7.14. The first-order valence-corrected chi connectivity index (χ1v) is 16.8. The van der Waals surface area contributed by atoms with Crippen LogP contribution in [0.3, 0.4) is 0 Å². The van der Waals surface area contributed by atoms with E-state index in [1.54, 1.807) is 13.1 Å². The third-order valence-electron chi connectivity index (χ3n) is 11.2. The molecule has 0 saturated heterocycles. The van der Waals surface area contributed by atoms with Crippen LogP contribution < -0.4 is 4.90 Å². The van der Waals surface area contributed by atoms with E-state index in [-0.39, 0.29) is 22.0 Å². The molecule has 2 heterocycles. The van der Waals surface area contributed by atoms with Crippen LogP contribution in [0.15, 0.2) is 121 Å². The molecule has 6 heteroatoms. The summed E-state index contributed by atoms with van der Waals surface area (Å²) < 4.78 is 0. The molecule has 244 valence electrons. The van der Waals surface area contributed by atoms with Crippen molar-refractivity contribution in [1.82, 2.24) is 19.9 Å². The molecule has 49 heavy (non-hydrogen) atoms. The van der Waals surface area contributed by atoms with Crippen LogP contribution in [0.25, 0.3) is 34.0 Å². The Morgan fingerprint density at radius 2 is 1.10 bits per heavy atom. The van der Waals surface area contributed by atoms with Crippen LogP contribution in [0, 0.1) is 5.41 Å². The van der Waals surface area contributed by atoms with Crippen molar-refractivity contribution in [3.63, 3.8) is 0 Å². The van der Waals surface area contributed by atoms with E-state index in [0.717, 1.165) is 22.5 Å². The topological polar surface area (TPSA) is 71.9 Å². The Hall–Kier alpha value is -5.49. The van der Waals surface area contributed by atoms with Gasteiger partial charge in [0.1, 0.15) is 0 Å². The van der Waals surface area contributed by atoms with E-state index >= 15 is 0 Å². The van der Waals surface area contributed by atoms with Crippen LogP contribution in [0.2, 0.25) is 0 Å². The van der Waals surface area contributed by atoms with E-state index in [1.165, 1.54) is 11.1 Å². The number of pyridine rings is 1. The first kappa shape index (κ1) is 32.1. The molecule has 0 amide bonds. The van der Waals surface area contributed by atoms with E-state index in [9.17, 15) is 4.79 Å². The molecule has 4 aromatic carbocycles. The summed E-state index contributed by atoms with van der Waals surface area (Å²) in [4.78, 5) is 35.3. The van der Waals surface area contributed by atoms with Crippen molar-refractivity contribution in [2.45, 2.75) is 59.3 Å². The van der Waals surface area contributed by atoms with Crippen molar-refractivity contribution in [2.24, 2.45) is 5.41 Å². The molecule has 6 aromatic rings. The van der Waals surface area contributed by atoms with Crippen molar-refractivity contribution in [1.29, 1.82) is 0 Å². The number of fused-ring (bicyclic) bond motifs is 1. The molecule has 1 aliphatic carbocycles. The largest absolute Gasteiger partial charge is 0.294 e. The van der Waals surface area contributed by atoms with Crippen molar-refractivity contribution in [2.75, 3.05) is 4.90 Å². The van der Waals surface area contributed by atoms with Crippen LogP contribution in [0.4, 0.5) is 17.3 Å². The minimum atomic E-state index is -0.0727. The first-order valence-electron chi connectivity index (χ1n) is 16.8. The molecule has 0 saturated carbocycles. The van der Waals surface area contributed by atoms with Gasteiger partial charge in [-0.05, 0) is 70.7 Å². The van der Waals surface area contributed by atoms with Gasteiger partial charge in [0.2, 0.25) is 5.95 Å². The number of hydrogen-bond acceptors (Lipinski definition) is 6. The number of para-hydroxylation sites is 2. The minimum absolute atomic E-state index is 0.00864. The normalized spacial score (nSPS) is 15.4. The van der Waals surface area contributed by atoms with E-state index in [1.807, 2.05) is 102 Å². The number of hydrogen-bond donors (Lipinski definition) is 0. The van der Waals surface area contributed by atoms with Crippen molar-refractivity contribution in [3.05, 3.63) is 138 Å². The van der Waals surface area contributed by atoms with Gasteiger partial charge in [-0.1, -0.05) is 120 Å². The number of Topliss-reactive ketones (excluding diaryl/α,β-unsaturated/α-hetero) is 1. The number of nitrogens with zero attached hydrogens (tertiary/aromatic N) is 5.